The average molecular weight is 248 g/mol. The molecule has 1 aromatic carbocycles. The van der Waals surface area contributed by atoms with Gasteiger partial charge in [-0.2, -0.15) is 0 Å². The molecule has 1 aromatic rings. The summed E-state index contributed by atoms with van der Waals surface area (Å²) in [6, 6.07) is 6.92. The van der Waals surface area contributed by atoms with E-state index in [1.807, 2.05) is 18.2 Å². The molecule has 2 amide bonds. The number of hydrogen-bond donors (Lipinski definition) is 2. The van der Waals surface area contributed by atoms with E-state index in [9.17, 15) is 4.79 Å². The summed E-state index contributed by atoms with van der Waals surface area (Å²) in [7, 11) is 1.59. The van der Waals surface area contributed by atoms with Gasteiger partial charge in [-0.3, -0.25) is 0 Å². The van der Waals surface area contributed by atoms with E-state index in [2.05, 4.69) is 31.4 Å². The van der Waals surface area contributed by atoms with Gasteiger partial charge >= 0.3 is 6.03 Å². The summed E-state index contributed by atoms with van der Waals surface area (Å²) in [6.45, 7) is 6.18. The van der Waals surface area contributed by atoms with Crippen LogP contribution in [0.1, 0.15) is 20.8 Å². The molecule has 0 unspecified atom stereocenters. The molecule has 0 aliphatic heterocycles. The number of nitrogens with one attached hydrogen (secondary N) is 2. The Morgan fingerprint density at radius 3 is 2.67 bits per heavy atom. The fourth-order valence-corrected chi connectivity index (χ4v) is 1.24. The van der Waals surface area contributed by atoms with Gasteiger partial charge in [0.1, 0.15) is 5.75 Å². The maximum Gasteiger partial charge on any atom is 0.323 e. The van der Waals surface area contributed by atoms with Crippen LogP contribution in [0.2, 0.25) is 0 Å². The first-order valence-corrected chi connectivity index (χ1v) is 5.80. The van der Waals surface area contributed by atoms with Gasteiger partial charge in [0.25, 0.3) is 0 Å². The SMILES string of the molecule is COc1cccc(NC(=O)N/C=C/C(C)(C)C)c1. The molecule has 0 fully saturated rings. The van der Waals surface area contributed by atoms with Gasteiger partial charge in [-0.1, -0.05) is 32.9 Å². The first-order chi connectivity index (χ1) is 8.40. The lowest BCUT2D eigenvalue weighted by molar-refractivity contribution is 0.255. The molecule has 98 valence electrons. The van der Waals surface area contributed by atoms with E-state index in [4.69, 9.17) is 4.74 Å². The fraction of sp³-hybridized carbons (Fsp3) is 0.357. The molecule has 2 N–H and O–H groups in total. The molecule has 0 atom stereocenters. The summed E-state index contributed by atoms with van der Waals surface area (Å²) in [5.74, 6) is 0.707. The van der Waals surface area contributed by atoms with E-state index in [-0.39, 0.29) is 11.4 Å². The van der Waals surface area contributed by atoms with Gasteiger partial charge < -0.3 is 15.4 Å². The van der Waals surface area contributed by atoms with E-state index < -0.39 is 0 Å². The normalized spacial score (nSPS) is 11.3. The molecule has 18 heavy (non-hydrogen) atoms. The Labute approximate surface area is 108 Å². The van der Waals surface area contributed by atoms with Crippen molar-refractivity contribution in [2.75, 3.05) is 12.4 Å². The largest absolute Gasteiger partial charge is 0.497 e. The summed E-state index contributed by atoms with van der Waals surface area (Å²) in [6.07, 6.45) is 3.58. The van der Waals surface area contributed by atoms with Gasteiger partial charge in [0, 0.05) is 18.0 Å². The summed E-state index contributed by atoms with van der Waals surface area (Å²) >= 11 is 0. The van der Waals surface area contributed by atoms with Crippen molar-refractivity contribution in [2.45, 2.75) is 20.8 Å². The monoisotopic (exact) mass is 248 g/mol. The van der Waals surface area contributed by atoms with Crippen LogP contribution in [0.25, 0.3) is 0 Å². The second-order valence-electron chi connectivity index (χ2n) is 5.03. The lowest BCUT2D eigenvalue weighted by atomic mass is 9.97. The fourth-order valence-electron chi connectivity index (χ4n) is 1.24. The smallest absolute Gasteiger partial charge is 0.323 e. The number of hydrogen-bond acceptors (Lipinski definition) is 2. The van der Waals surface area contributed by atoms with E-state index in [1.54, 1.807) is 25.4 Å². The molecule has 0 saturated carbocycles. The first-order valence-electron chi connectivity index (χ1n) is 5.80. The quantitative estimate of drug-likeness (QED) is 0.861. The second kappa shape index (κ2) is 6.10. The van der Waals surface area contributed by atoms with E-state index in [0.717, 1.165) is 0 Å². The van der Waals surface area contributed by atoms with Crippen molar-refractivity contribution in [1.82, 2.24) is 5.32 Å². The molecule has 0 aliphatic carbocycles. The number of carbonyl (C=O) groups excluding carboxylic acids is 1. The van der Waals surface area contributed by atoms with Crippen molar-refractivity contribution in [3.8, 4) is 5.75 Å². The highest BCUT2D eigenvalue weighted by atomic mass is 16.5. The number of amides is 2. The zero-order chi connectivity index (χ0) is 13.6. The topological polar surface area (TPSA) is 50.4 Å². The van der Waals surface area contributed by atoms with Crippen LogP contribution in [0.15, 0.2) is 36.5 Å². The Morgan fingerprint density at radius 2 is 2.06 bits per heavy atom. The van der Waals surface area contributed by atoms with Crippen LogP contribution >= 0.6 is 0 Å². The van der Waals surface area contributed by atoms with Crippen molar-refractivity contribution < 1.29 is 9.53 Å². The molecule has 0 heterocycles. The Morgan fingerprint density at radius 1 is 1.33 bits per heavy atom. The number of urea groups is 1. The van der Waals surface area contributed by atoms with Gasteiger partial charge in [0.15, 0.2) is 0 Å². The minimum atomic E-state index is -0.274. The number of rotatable bonds is 3. The second-order valence-corrected chi connectivity index (χ2v) is 5.03. The lowest BCUT2D eigenvalue weighted by Gasteiger charge is -2.11. The van der Waals surface area contributed by atoms with Crippen molar-refractivity contribution in [1.29, 1.82) is 0 Å². The molecule has 0 aliphatic rings. The maximum atomic E-state index is 11.6. The van der Waals surface area contributed by atoms with Crippen molar-refractivity contribution in [3.05, 3.63) is 36.5 Å². The van der Waals surface area contributed by atoms with Crippen LogP contribution in [0.4, 0.5) is 10.5 Å². The highest BCUT2D eigenvalue weighted by molar-refractivity contribution is 5.90. The number of allylic oxidation sites excluding steroid dienone is 1. The Hall–Kier alpha value is -1.97. The third-order valence-electron chi connectivity index (χ3n) is 2.13. The third-order valence-corrected chi connectivity index (χ3v) is 2.13. The highest BCUT2D eigenvalue weighted by Crippen LogP contribution is 2.16. The average Bonchev–Trinajstić information content (AvgIpc) is 2.27. The number of ether oxygens (including phenoxy) is 1. The minimum absolute atomic E-state index is 0.0449. The van der Waals surface area contributed by atoms with Gasteiger partial charge in [0.05, 0.1) is 7.11 Å². The molecule has 4 heteroatoms. The molecule has 0 bridgehead atoms. The zero-order valence-electron chi connectivity index (χ0n) is 11.3. The number of benzene rings is 1. The summed E-state index contributed by atoms with van der Waals surface area (Å²) in [5, 5.41) is 5.38. The molecule has 1 rings (SSSR count). The predicted molar refractivity (Wildman–Crippen MR) is 73.7 cm³/mol. The van der Waals surface area contributed by atoms with Gasteiger partial charge in [-0.25, -0.2) is 4.79 Å². The van der Waals surface area contributed by atoms with E-state index in [0.29, 0.717) is 11.4 Å². The molecule has 0 radical (unpaired) electrons. The Balaban J connectivity index is 2.52. The van der Waals surface area contributed by atoms with Crippen LogP contribution in [0.5, 0.6) is 5.75 Å². The van der Waals surface area contributed by atoms with Crippen molar-refractivity contribution in [3.63, 3.8) is 0 Å². The molecular weight excluding hydrogens is 228 g/mol. The van der Waals surface area contributed by atoms with Gasteiger partial charge in [0.2, 0.25) is 0 Å². The van der Waals surface area contributed by atoms with Gasteiger partial charge in [-0.15, -0.1) is 0 Å². The van der Waals surface area contributed by atoms with E-state index in [1.165, 1.54) is 0 Å². The number of methoxy groups -OCH3 is 1. The maximum absolute atomic E-state index is 11.6. The number of carbonyl (C=O) groups is 1. The molecule has 0 aromatic heterocycles. The van der Waals surface area contributed by atoms with Crippen molar-refractivity contribution >= 4 is 11.7 Å². The van der Waals surface area contributed by atoms with Crippen molar-refractivity contribution in [2.24, 2.45) is 5.41 Å². The molecule has 4 nitrogen and oxygen atoms in total. The zero-order valence-corrected chi connectivity index (χ0v) is 11.3. The molecule has 0 spiro atoms. The Kier molecular flexibility index (Phi) is 4.77. The first kappa shape index (κ1) is 14.1. The lowest BCUT2D eigenvalue weighted by Crippen LogP contribution is -2.24. The summed E-state index contributed by atoms with van der Waals surface area (Å²) < 4.78 is 5.08. The third kappa shape index (κ3) is 5.39. The van der Waals surface area contributed by atoms with E-state index >= 15 is 0 Å². The van der Waals surface area contributed by atoms with Crippen LogP contribution in [0, 0.1) is 5.41 Å². The predicted octanol–water partition coefficient (Wildman–Crippen LogP) is 3.38. The molecular formula is C14H20N2O2. The molecule has 0 saturated heterocycles. The van der Waals surface area contributed by atoms with Crippen LogP contribution in [-0.2, 0) is 0 Å². The van der Waals surface area contributed by atoms with Gasteiger partial charge in [-0.05, 0) is 17.5 Å². The number of anilines is 1. The van der Waals surface area contributed by atoms with Crippen LogP contribution in [-0.4, -0.2) is 13.1 Å². The highest BCUT2D eigenvalue weighted by Gasteiger charge is 2.04. The van der Waals surface area contributed by atoms with Crippen LogP contribution < -0.4 is 15.4 Å². The standard InChI is InChI=1S/C14H20N2O2/c1-14(2,3)8-9-15-13(17)16-11-6-5-7-12(10-11)18-4/h5-10H,1-4H3,(H2,15,16,17)/b9-8+. The van der Waals surface area contributed by atoms with Crippen LogP contribution in [0.3, 0.4) is 0 Å². The summed E-state index contributed by atoms with van der Waals surface area (Å²) in [4.78, 5) is 11.6. The Bertz CT molecular complexity index is 434. The summed E-state index contributed by atoms with van der Waals surface area (Å²) in [5.41, 5.74) is 0.736. The minimum Gasteiger partial charge on any atom is -0.497 e.